The predicted molar refractivity (Wildman–Crippen MR) is 39.3 cm³/mol. The van der Waals surface area contributed by atoms with E-state index in [2.05, 4.69) is 6.92 Å². The fraction of sp³-hybridized carbons (Fsp3) is 0.625. The molecule has 0 saturated heterocycles. The number of carbonyl (C=O) groups is 1. The Labute approximate surface area is 56.8 Å². The van der Waals surface area contributed by atoms with Gasteiger partial charge in [-0.2, -0.15) is 0 Å². The van der Waals surface area contributed by atoms with E-state index in [1.165, 1.54) is 5.57 Å². The number of hydrogen-bond acceptors (Lipinski definition) is 1. The highest BCUT2D eigenvalue weighted by Gasteiger charge is 1.98. The Morgan fingerprint density at radius 3 is 1.78 bits per heavy atom. The fourth-order valence-electron chi connectivity index (χ4n) is 0.566. The molecule has 0 aliphatic carbocycles. The maximum Gasteiger partial charge on any atom is 0.155 e. The fourth-order valence-corrected chi connectivity index (χ4v) is 0.566. The first-order valence-corrected chi connectivity index (χ1v) is 3.26. The summed E-state index contributed by atoms with van der Waals surface area (Å²) in [7, 11) is 0. The van der Waals surface area contributed by atoms with Crippen LogP contribution in [-0.4, -0.2) is 5.78 Å². The van der Waals surface area contributed by atoms with E-state index in [0.717, 1.165) is 12.0 Å². The number of hydrogen-bond donors (Lipinski definition) is 0. The van der Waals surface area contributed by atoms with Gasteiger partial charge in [0.05, 0.1) is 0 Å². The SMILES string of the molecule is CC/C(C)=C(/C)C(C)=O. The minimum absolute atomic E-state index is 0.189. The Morgan fingerprint density at radius 1 is 1.22 bits per heavy atom. The summed E-state index contributed by atoms with van der Waals surface area (Å²) in [6.07, 6.45) is 0.978. The highest BCUT2D eigenvalue weighted by molar-refractivity contribution is 5.93. The number of rotatable bonds is 2. The van der Waals surface area contributed by atoms with Crippen molar-refractivity contribution >= 4 is 5.78 Å². The average Bonchev–Trinajstić information content (AvgIpc) is 1.84. The first-order chi connectivity index (χ1) is 4.09. The van der Waals surface area contributed by atoms with Gasteiger partial charge >= 0.3 is 0 Å². The quantitative estimate of drug-likeness (QED) is 0.519. The number of ketones is 1. The molecule has 0 aromatic rings. The summed E-state index contributed by atoms with van der Waals surface area (Å²) in [4.78, 5) is 10.7. The summed E-state index contributed by atoms with van der Waals surface area (Å²) in [5, 5.41) is 0. The van der Waals surface area contributed by atoms with Crippen LogP contribution in [0.1, 0.15) is 34.1 Å². The van der Waals surface area contributed by atoms with Gasteiger partial charge in [0.2, 0.25) is 0 Å². The molecule has 0 fully saturated rings. The van der Waals surface area contributed by atoms with Crippen LogP contribution in [0, 0.1) is 0 Å². The van der Waals surface area contributed by atoms with Crippen LogP contribution in [0.4, 0.5) is 0 Å². The molecule has 0 radical (unpaired) electrons. The smallest absolute Gasteiger partial charge is 0.155 e. The van der Waals surface area contributed by atoms with Crippen molar-refractivity contribution in [2.45, 2.75) is 34.1 Å². The van der Waals surface area contributed by atoms with Gasteiger partial charge in [0.1, 0.15) is 0 Å². The monoisotopic (exact) mass is 126 g/mol. The Hall–Kier alpha value is -0.590. The summed E-state index contributed by atoms with van der Waals surface area (Å²) in [5.41, 5.74) is 2.11. The minimum Gasteiger partial charge on any atom is -0.295 e. The van der Waals surface area contributed by atoms with Gasteiger partial charge in [0.25, 0.3) is 0 Å². The van der Waals surface area contributed by atoms with Gasteiger partial charge in [-0.05, 0) is 32.8 Å². The van der Waals surface area contributed by atoms with Crippen LogP contribution in [0.15, 0.2) is 11.1 Å². The van der Waals surface area contributed by atoms with E-state index >= 15 is 0 Å². The molecule has 1 heteroatoms. The van der Waals surface area contributed by atoms with Gasteiger partial charge in [-0.25, -0.2) is 0 Å². The van der Waals surface area contributed by atoms with E-state index < -0.39 is 0 Å². The van der Waals surface area contributed by atoms with Gasteiger partial charge in [0.15, 0.2) is 5.78 Å². The Kier molecular flexibility index (Phi) is 3.21. The lowest BCUT2D eigenvalue weighted by molar-refractivity contribution is -0.113. The second-order valence-electron chi connectivity index (χ2n) is 2.32. The van der Waals surface area contributed by atoms with Crippen molar-refractivity contribution in [1.29, 1.82) is 0 Å². The van der Waals surface area contributed by atoms with Crippen molar-refractivity contribution in [3.05, 3.63) is 11.1 Å². The van der Waals surface area contributed by atoms with Gasteiger partial charge in [0, 0.05) is 0 Å². The average molecular weight is 126 g/mol. The summed E-state index contributed by atoms with van der Waals surface area (Å²) in [6.45, 7) is 7.54. The maximum absolute atomic E-state index is 10.7. The summed E-state index contributed by atoms with van der Waals surface area (Å²) < 4.78 is 0. The van der Waals surface area contributed by atoms with Crippen LogP contribution >= 0.6 is 0 Å². The zero-order valence-electron chi connectivity index (χ0n) is 6.62. The van der Waals surface area contributed by atoms with Crippen LogP contribution in [0.25, 0.3) is 0 Å². The van der Waals surface area contributed by atoms with Gasteiger partial charge in [-0.15, -0.1) is 0 Å². The molecule has 0 heterocycles. The Morgan fingerprint density at radius 2 is 1.67 bits per heavy atom. The third kappa shape index (κ3) is 2.45. The van der Waals surface area contributed by atoms with Crippen LogP contribution in [0.3, 0.4) is 0 Å². The molecule has 0 rings (SSSR count). The molecule has 0 bridgehead atoms. The highest BCUT2D eigenvalue weighted by Crippen LogP contribution is 2.06. The zero-order valence-corrected chi connectivity index (χ0v) is 6.62. The van der Waals surface area contributed by atoms with Crippen LogP contribution in [0.5, 0.6) is 0 Å². The molecule has 0 aromatic carbocycles. The number of Topliss-reactive ketones (excluding diaryl/α,β-unsaturated/α-hetero) is 1. The summed E-state index contributed by atoms with van der Waals surface area (Å²) >= 11 is 0. The number of allylic oxidation sites excluding steroid dienone is 2. The van der Waals surface area contributed by atoms with E-state index in [9.17, 15) is 4.79 Å². The lowest BCUT2D eigenvalue weighted by Crippen LogP contribution is -1.94. The van der Waals surface area contributed by atoms with E-state index in [0.29, 0.717) is 0 Å². The molecule has 0 unspecified atom stereocenters. The van der Waals surface area contributed by atoms with Crippen LogP contribution in [0.2, 0.25) is 0 Å². The summed E-state index contributed by atoms with van der Waals surface area (Å²) in [6, 6.07) is 0. The van der Waals surface area contributed by atoms with Gasteiger partial charge in [-0.3, -0.25) is 4.79 Å². The highest BCUT2D eigenvalue weighted by atomic mass is 16.1. The molecule has 0 saturated carbocycles. The van der Waals surface area contributed by atoms with Crippen molar-refractivity contribution in [2.24, 2.45) is 0 Å². The van der Waals surface area contributed by atoms with E-state index in [1.807, 2.05) is 13.8 Å². The van der Waals surface area contributed by atoms with Crippen molar-refractivity contribution in [2.75, 3.05) is 0 Å². The third-order valence-electron chi connectivity index (χ3n) is 1.70. The molecule has 0 aromatic heterocycles. The van der Waals surface area contributed by atoms with E-state index in [1.54, 1.807) is 6.92 Å². The molecule has 0 atom stereocenters. The van der Waals surface area contributed by atoms with E-state index in [4.69, 9.17) is 0 Å². The lowest BCUT2D eigenvalue weighted by Gasteiger charge is -1.98. The molecular formula is C8H14O. The summed E-state index contributed by atoms with van der Waals surface area (Å²) in [5.74, 6) is 0.189. The standard InChI is InChI=1S/C8H14O/c1-5-6(2)7(3)8(4)9/h5H2,1-4H3/b7-6-. The van der Waals surface area contributed by atoms with Crippen LogP contribution in [-0.2, 0) is 4.79 Å². The maximum atomic E-state index is 10.7. The largest absolute Gasteiger partial charge is 0.295 e. The van der Waals surface area contributed by atoms with Crippen molar-refractivity contribution in [3.8, 4) is 0 Å². The van der Waals surface area contributed by atoms with Crippen molar-refractivity contribution in [3.63, 3.8) is 0 Å². The van der Waals surface area contributed by atoms with E-state index in [-0.39, 0.29) is 5.78 Å². The second kappa shape index (κ2) is 3.44. The molecule has 0 amide bonds. The first kappa shape index (κ1) is 8.41. The molecule has 0 aliphatic rings. The van der Waals surface area contributed by atoms with Gasteiger partial charge < -0.3 is 0 Å². The topological polar surface area (TPSA) is 17.1 Å². The molecule has 0 N–H and O–H groups in total. The van der Waals surface area contributed by atoms with Crippen LogP contribution < -0.4 is 0 Å². The normalized spacial score (nSPS) is 12.9. The first-order valence-electron chi connectivity index (χ1n) is 3.26. The minimum atomic E-state index is 0.189. The predicted octanol–water partition coefficient (Wildman–Crippen LogP) is 2.32. The van der Waals surface area contributed by atoms with Gasteiger partial charge in [-0.1, -0.05) is 12.5 Å². The molecule has 9 heavy (non-hydrogen) atoms. The molecule has 0 spiro atoms. The van der Waals surface area contributed by atoms with Crippen molar-refractivity contribution in [1.82, 2.24) is 0 Å². The lowest BCUT2D eigenvalue weighted by atomic mass is 10.1. The third-order valence-corrected chi connectivity index (χ3v) is 1.70. The Bertz CT molecular complexity index is 143. The van der Waals surface area contributed by atoms with Crippen molar-refractivity contribution < 1.29 is 4.79 Å². The molecular weight excluding hydrogens is 112 g/mol. The molecule has 0 aliphatic heterocycles. The second-order valence-corrected chi connectivity index (χ2v) is 2.32. The number of carbonyl (C=O) groups excluding carboxylic acids is 1. The zero-order chi connectivity index (χ0) is 7.44. The Balaban J connectivity index is 4.28. The molecule has 1 nitrogen and oxygen atoms in total. The molecule has 52 valence electrons.